The Morgan fingerprint density at radius 3 is 2.35 bits per heavy atom. The fourth-order valence-electron chi connectivity index (χ4n) is 1.93. The molecular formula is C11H13ClN2O4S2. The molecule has 0 bridgehead atoms. The second-order valence-electron chi connectivity index (χ2n) is 4.47. The molecule has 0 radical (unpaired) electrons. The topological polar surface area (TPSA) is 104 Å². The molecule has 0 amide bonds. The van der Waals surface area contributed by atoms with Crippen LogP contribution in [0.1, 0.15) is 5.56 Å². The number of benzene rings is 1. The second-order valence-corrected chi connectivity index (χ2v) is 7.22. The molecule has 4 N–H and O–H groups in total. The summed E-state index contributed by atoms with van der Waals surface area (Å²) in [5, 5.41) is 18.9. The van der Waals surface area contributed by atoms with Gasteiger partial charge < -0.3 is 15.9 Å². The lowest BCUT2D eigenvalue weighted by Gasteiger charge is -2.16. The zero-order chi connectivity index (χ0) is 15.1. The number of nitrogens with zero attached hydrogens (tertiary/aromatic N) is 1. The van der Waals surface area contributed by atoms with Crippen LogP contribution in [0, 0.1) is 0 Å². The first-order chi connectivity index (χ1) is 9.23. The van der Waals surface area contributed by atoms with Crippen molar-refractivity contribution in [3.8, 4) is 0 Å². The third kappa shape index (κ3) is 2.80. The average Bonchev–Trinajstić information content (AvgIpc) is 2.69. The van der Waals surface area contributed by atoms with Gasteiger partial charge in [-0.1, -0.05) is 29.9 Å². The number of nitrogens with two attached hydrogens (primary N) is 1. The van der Waals surface area contributed by atoms with E-state index in [9.17, 15) is 18.6 Å². The molecule has 2 atom stereocenters. The summed E-state index contributed by atoms with van der Waals surface area (Å²) >= 11 is 10.8. The third-order valence-electron chi connectivity index (χ3n) is 3.06. The van der Waals surface area contributed by atoms with Crippen LogP contribution in [0.4, 0.5) is 0 Å². The predicted octanol–water partition coefficient (Wildman–Crippen LogP) is -0.300. The Labute approximate surface area is 126 Å². The van der Waals surface area contributed by atoms with Gasteiger partial charge in [0.1, 0.15) is 9.88 Å². The number of sulfonamides is 1. The number of hydrogen-bond donors (Lipinski definition) is 3. The van der Waals surface area contributed by atoms with Crippen molar-refractivity contribution in [3.05, 3.63) is 28.8 Å². The van der Waals surface area contributed by atoms with Crippen LogP contribution in [0.2, 0.25) is 5.02 Å². The Kier molecular flexibility index (Phi) is 4.33. The van der Waals surface area contributed by atoms with Gasteiger partial charge >= 0.3 is 0 Å². The van der Waals surface area contributed by atoms with Gasteiger partial charge in [0.2, 0.25) is 10.0 Å². The van der Waals surface area contributed by atoms with E-state index in [4.69, 9.17) is 29.6 Å². The largest absolute Gasteiger partial charge is 0.389 e. The van der Waals surface area contributed by atoms with Gasteiger partial charge in [0.15, 0.2) is 0 Å². The fraction of sp³-hybridized carbons (Fsp3) is 0.364. The molecule has 1 fully saturated rings. The minimum atomic E-state index is -3.88. The number of aliphatic hydroxyl groups is 2. The maximum Gasteiger partial charge on any atom is 0.244 e. The first kappa shape index (κ1) is 15.6. The SMILES string of the molecule is NC(=S)c1ccc(S(=O)(=O)N2CC(O)C(O)C2)c(Cl)c1. The number of β-amino-alcohol motifs (C(OH)–C–C–N with tert-alkyl or cyclic N) is 2. The molecule has 2 rings (SSSR count). The lowest BCUT2D eigenvalue weighted by Crippen LogP contribution is -2.30. The number of aliphatic hydroxyl groups excluding tert-OH is 2. The van der Waals surface area contributed by atoms with Crippen molar-refractivity contribution in [2.24, 2.45) is 5.73 Å². The number of rotatable bonds is 3. The molecule has 20 heavy (non-hydrogen) atoms. The quantitative estimate of drug-likeness (QED) is 0.655. The summed E-state index contributed by atoms with van der Waals surface area (Å²) in [5.74, 6) is 0. The van der Waals surface area contributed by atoms with Crippen molar-refractivity contribution in [1.82, 2.24) is 4.31 Å². The number of hydrogen-bond acceptors (Lipinski definition) is 5. The van der Waals surface area contributed by atoms with Gasteiger partial charge in [0.05, 0.1) is 17.2 Å². The van der Waals surface area contributed by atoms with E-state index in [0.29, 0.717) is 5.56 Å². The monoisotopic (exact) mass is 336 g/mol. The normalized spacial score (nSPS) is 23.9. The predicted molar refractivity (Wildman–Crippen MR) is 78.1 cm³/mol. The Morgan fingerprint density at radius 2 is 1.90 bits per heavy atom. The van der Waals surface area contributed by atoms with Gasteiger partial charge in [-0.25, -0.2) is 8.42 Å². The zero-order valence-electron chi connectivity index (χ0n) is 10.2. The minimum absolute atomic E-state index is 0.00817. The zero-order valence-corrected chi connectivity index (χ0v) is 12.6. The smallest absolute Gasteiger partial charge is 0.244 e. The highest BCUT2D eigenvalue weighted by Gasteiger charge is 2.38. The highest BCUT2D eigenvalue weighted by molar-refractivity contribution is 7.89. The van der Waals surface area contributed by atoms with E-state index < -0.39 is 22.2 Å². The molecule has 110 valence electrons. The summed E-state index contributed by atoms with van der Waals surface area (Å²) in [6.07, 6.45) is -2.20. The van der Waals surface area contributed by atoms with E-state index >= 15 is 0 Å². The molecule has 9 heteroatoms. The maximum atomic E-state index is 12.4. The van der Waals surface area contributed by atoms with E-state index in [-0.39, 0.29) is 28.0 Å². The Morgan fingerprint density at radius 1 is 1.35 bits per heavy atom. The summed E-state index contributed by atoms with van der Waals surface area (Å²) in [6, 6.07) is 4.15. The van der Waals surface area contributed by atoms with Crippen LogP contribution in [-0.4, -0.2) is 53.2 Å². The van der Waals surface area contributed by atoms with Crippen LogP contribution in [0.3, 0.4) is 0 Å². The molecule has 1 aliphatic heterocycles. The number of halogens is 1. The first-order valence-electron chi connectivity index (χ1n) is 5.69. The van der Waals surface area contributed by atoms with Gasteiger partial charge in [0, 0.05) is 18.7 Å². The van der Waals surface area contributed by atoms with E-state index in [0.717, 1.165) is 4.31 Å². The van der Waals surface area contributed by atoms with Crippen LogP contribution in [0.15, 0.2) is 23.1 Å². The van der Waals surface area contributed by atoms with Crippen LogP contribution in [0.25, 0.3) is 0 Å². The van der Waals surface area contributed by atoms with Crippen LogP contribution >= 0.6 is 23.8 Å². The highest BCUT2D eigenvalue weighted by Crippen LogP contribution is 2.28. The Balaban J connectivity index is 2.38. The van der Waals surface area contributed by atoms with Crippen molar-refractivity contribution >= 4 is 38.8 Å². The molecule has 0 aromatic heterocycles. The van der Waals surface area contributed by atoms with Crippen molar-refractivity contribution < 1.29 is 18.6 Å². The lowest BCUT2D eigenvalue weighted by molar-refractivity contribution is 0.0572. The molecule has 1 aromatic carbocycles. The van der Waals surface area contributed by atoms with E-state index in [1.165, 1.54) is 18.2 Å². The van der Waals surface area contributed by atoms with Crippen LogP contribution in [0.5, 0.6) is 0 Å². The maximum absolute atomic E-state index is 12.4. The Hall–Kier alpha value is -0.770. The second kappa shape index (κ2) is 5.55. The van der Waals surface area contributed by atoms with Gasteiger partial charge in [0.25, 0.3) is 0 Å². The molecule has 1 aromatic rings. The summed E-state index contributed by atoms with van der Waals surface area (Å²) in [5.41, 5.74) is 5.91. The summed E-state index contributed by atoms with van der Waals surface area (Å²) in [6.45, 7) is -0.340. The molecule has 6 nitrogen and oxygen atoms in total. The first-order valence-corrected chi connectivity index (χ1v) is 7.91. The highest BCUT2D eigenvalue weighted by atomic mass is 35.5. The third-order valence-corrected chi connectivity index (χ3v) is 5.61. The molecule has 0 saturated carbocycles. The van der Waals surface area contributed by atoms with Gasteiger partial charge in [-0.2, -0.15) is 4.31 Å². The van der Waals surface area contributed by atoms with Crippen molar-refractivity contribution in [1.29, 1.82) is 0 Å². The Bertz CT molecular complexity index is 640. The van der Waals surface area contributed by atoms with Gasteiger partial charge in [-0.05, 0) is 12.1 Å². The molecule has 1 saturated heterocycles. The summed E-state index contributed by atoms with van der Waals surface area (Å²) in [7, 11) is -3.88. The van der Waals surface area contributed by atoms with Gasteiger partial charge in [-0.15, -0.1) is 0 Å². The molecule has 0 spiro atoms. The van der Waals surface area contributed by atoms with E-state index in [1.54, 1.807) is 0 Å². The van der Waals surface area contributed by atoms with Crippen LogP contribution in [-0.2, 0) is 10.0 Å². The standard InChI is InChI=1S/C11H13ClN2O4S2/c12-7-3-6(11(13)19)1-2-10(7)20(17,18)14-4-8(15)9(16)5-14/h1-3,8-9,15-16H,4-5H2,(H2,13,19). The van der Waals surface area contributed by atoms with E-state index in [2.05, 4.69) is 0 Å². The van der Waals surface area contributed by atoms with Crippen LogP contribution < -0.4 is 5.73 Å². The van der Waals surface area contributed by atoms with Crippen molar-refractivity contribution in [2.75, 3.05) is 13.1 Å². The summed E-state index contributed by atoms with van der Waals surface area (Å²) in [4.78, 5) is 0.00308. The average molecular weight is 337 g/mol. The minimum Gasteiger partial charge on any atom is -0.389 e. The molecule has 0 aliphatic carbocycles. The van der Waals surface area contributed by atoms with Crippen molar-refractivity contribution in [2.45, 2.75) is 17.1 Å². The summed E-state index contributed by atoms with van der Waals surface area (Å²) < 4.78 is 25.8. The molecule has 2 unspecified atom stereocenters. The van der Waals surface area contributed by atoms with E-state index in [1.807, 2.05) is 0 Å². The lowest BCUT2D eigenvalue weighted by atomic mass is 10.2. The molecule has 1 heterocycles. The number of thiocarbonyl (C=S) groups is 1. The molecule has 1 aliphatic rings. The van der Waals surface area contributed by atoms with Gasteiger partial charge in [-0.3, -0.25) is 0 Å². The van der Waals surface area contributed by atoms with Crippen molar-refractivity contribution in [3.63, 3.8) is 0 Å². The molecular weight excluding hydrogens is 324 g/mol. The fourth-order valence-corrected chi connectivity index (χ4v) is 4.06.